The van der Waals surface area contributed by atoms with Crippen molar-refractivity contribution in [1.82, 2.24) is 5.32 Å². The summed E-state index contributed by atoms with van der Waals surface area (Å²) in [6, 6.07) is 10.8. The highest BCUT2D eigenvalue weighted by atomic mass is 32.1. The number of thiocarbonyl (C=S) groups is 1. The summed E-state index contributed by atoms with van der Waals surface area (Å²) in [4.78, 5) is 14.5. The number of nitrogens with one attached hydrogen (secondary N) is 1. The molecule has 1 heterocycles. The van der Waals surface area contributed by atoms with Crippen LogP contribution < -0.4 is 29.2 Å². The molecule has 1 aliphatic heterocycles. The third-order valence-corrected chi connectivity index (χ3v) is 4.60. The van der Waals surface area contributed by atoms with E-state index in [0.717, 1.165) is 0 Å². The highest BCUT2D eigenvalue weighted by Gasteiger charge is 2.34. The molecule has 1 aliphatic rings. The summed E-state index contributed by atoms with van der Waals surface area (Å²) in [5.74, 6) is 1.71. The molecule has 1 fully saturated rings. The number of carbonyl (C=O) groups excluding carboxylic acids is 1. The number of amides is 1. The zero-order valence-corrected chi connectivity index (χ0v) is 17.5. The van der Waals surface area contributed by atoms with E-state index in [1.165, 1.54) is 19.1 Å². The van der Waals surface area contributed by atoms with Gasteiger partial charge in [0.15, 0.2) is 16.6 Å². The van der Waals surface area contributed by atoms with Crippen molar-refractivity contribution in [3.05, 3.63) is 47.7 Å². The van der Waals surface area contributed by atoms with Crippen molar-refractivity contribution in [3.63, 3.8) is 0 Å². The van der Waals surface area contributed by atoms with Crippen molar-refractivity contribution >= 4 is 35.0 Å². The number of anilines is 1. The van der Waals surface area contributed by atoms with Crippen LogP contribution in [-0.4, -0.2) is 39.0 Å². The Morgan fingerprint density at radius 2 is 1.72 bits per heavy atom. The lowest BCUT2D eigenvalue weighted by molar-refractivity contribution is -0.113. The summed E-state index contributed by atoms with van der Waals surface area (Å²) in [5.41, 5.74) is 1.54. The maximum absolute atomic E-state index is 13.1. The van der Waals surface area contributed by atoms with Crippen LogP contribution in [0.2, 0.25) is 0 Å². The van der Waals surface area contributed by atoms with E-state index in [1.807, 2.05) is 19.1 Å². The zero-order chi connectivity index (χ0) is 21.0. The van der Waals surface area contributed by atoms with Gasteiger partial charge in [-0.15, -0.1) is 0 Å². The lowest BCUT2D eigenvalue weighted by Crippen LogP contribution is -2.30. The summed E-state index contributed by atoms with van der Waals surface area (Å²) >= 11 is 5.41. The van der Waals surface area contributed by atoms with E-state index in [1.54, 1.807) is 37.5 Å². The van der Waals surface area contributed by atoms with Crippen LogP contribution >= 0.6 is 12.2 Å². The quantitative estimate of drug-likeness (QED) is 0.550. The Kier molecular flexibility index (Phi) is 6.23. The number of carbonyl (C=O) groups is 1. The zero-order valence-electron chi connectivity index (χ0n) is 16.6. The van der Waals surface area contributed by atoms with Crippen molar-refractivity contribution in [2.24, 2.45) is 0 Å². The van der Waals surface area contributed by atoms with Gasteiger partial charge in [0.05, 0.1) is 33.6 Å². The number of hydrogen-bond acceptors (Lipinski definition) is 6. The number of ether oxygens (including phenoxy) is 4. The normalized spacial score (nSPS) is 14.8. The third-order valence-electron chi connectivity index (χ3n) is 4.32. The van der Waals surface area contributed by atoms with Crippen molar-refractivity contribution < 1.29 is 23.7 Å². The van der Waals surface area contributed by atoms with Crippen LogP contribution in [0.4, 0.5) is 5.69 Å². The molecule has 0 atom stereocenters. The van der Waals surface area contributed by atoms with Gasteiger partial charge in [-0.2, -0.15) is 0 Å². The van der Waals surface area contributed by atoms with Crippen LogP contribution in [0.15, 0.2) is 42.1 Å². The molecule has 29 heavy (non-hydrogen) atoms. The molecule has 2 aromatic carbocycles. The molecule has 0 radical (unpaired) electrons. The number of methoxy groups -OCH3 is 3. The number of nitrogens with zero attached hydrogens (tertiary/aromatic N) is 1. The van der Waals surface area contributed by atoms with E-state index in [0.29, 0.717) is 46.6 Å². The molecular formula is C21H22N2O5S. The monoisotopic (exact) mass is 414 g/mol. The summed E-state index contributed by atoms with van der Waals surface area (Å²) in [7, 11) is 4.60. The van der Waals surface area contributed by atoms with Gasteiger partial charge < -0.3 is 24.3 Å². The second-order valence-electron chi connectivity index (χ2n) is 5.95. The molecule has 152 valence electrons. The highest BCUT2D eigenvalue weighted by molar-refractivity contribution is 7.80. The summed E-state index contributed by atoms with van der Waals surface area (Å²) in [6.07, 6.45) is 1.67. The van der Waals surface area contributed by atoms with Crippen LogP contribution in [0.5, 0.6) is 23.0 Å². The molecule has 7 nitrogen and oxygen atoms in total. The smallest absolute Gasteiger partial charge is 0.281 e. The molecule has 0 bridgehead atoms. The fourth-order valence-corrected chi connectivity index (χ4v) is 3.36. The lowest BCUT2D eigenvalue weighted by atomic mass is 10.1. The predicted molar refractivity (Wildman–Crippen MR) is 115 cm³/mol. The van der Waals surface area contributed by atoms with Crippen LogP contribution in [-0.2, 0) is 4.79 Å². The minimum Gasteiger partial charge on any atom is -0.493 e. The minimum absolute atomic E-state index is 0.271. The summed E-state index contributed by atoms with van der Waals surface area (Å²) in [6.45, 7) is 2.36. The van der Waals surface area contributed by atoms with Crippen LogP contribution in [0.25, 0.3) is 6.08 Å². The maximum atomic E-state index is 13.1. The Balaban J connectivity index is 2.02. The van der Waals surface area contributed by atoms with Gasteiger partial charge in [0.25, 0.3) is 5.91 Å². The molecular weight excluding hydrogens is 392 g/mol. The number of para-hydroxylation sites is 2. The number of rotatable bonds is 7. The molecule has 0 aromatic heterocycles. The Labute approximate surface area is 174 Å². The molecule has 8 heteroatoms. The van der Waals surface area contributed by atoms with E-state index in [4.69, 9.17) is 31.2 Å². The first kappa shape index (κ1) is 20.5. The molecule has 2 aromatic rings. The predicted octanol–water partition coefficient (Wildman–Crippen LogP) is 3.37. The van der Waals surface area contributed by atoms with Crippen molar-refractivity contribution in [2.75, 3.05) is 32.8 Å². The Hall–Kier alpha value is -3.26. The maximum Gasteiger partial charge on any atom is 0.281 e. The minimum atomic E-state index is -0.293. The molecule has 0 spiro atoms. The van der Waals surface area contributed by atoms with Crippen LogP contribution in [0, 0.1) is 0 Å². The average Bonchev–Trinajstić information content (AvgIpc) is 3.01. The molecule has 0 saturated carbocycles. The molecule has 0 aliphatic carbocycles. The van der Waals surface area contributed by atoms with Crippen LogP contribution in [0.1, 0.15) is 12.5 Å². The second kappa shape index (κ2) is 8.83. The molecule has 3 rings (SSSR count). The Morgan fingerprint density at radius 1 is 1.00 bits per heavy atom. The van der Waals surface area contributed by atoms with E-state index in [-0.39, 0.29) is 11.0 Å². The average molecular weight is 414 g/mol. The standard InChI is InChI=1S/C21H22N2O5S/c1-5-28-16-9-7-6-8-15(16)23-20(24)14(22-21(23)29)12-13-10-11-17(25-2)19(27-4)18(13)26-3/h6-12H,5H2,1-4H3,(H,22,29)/b14-12+. The van der Waals surface area contributed by atoms with E-state index in [2.05, 4.69) is 5.32 Å². The second-order valence-corrected chi connectivity index (χ2v) is 6.34. The van der Waals surface area contributed by atoms with Crippen molar-refractivity contribution in [1.29, 1.82) is 0 Å². The van der Waals surface area contributed by atoms with Gasteiger partial charge in [-0.3, -0.25) is 4.79 Å². The fraction of sp³-hybridized carbons (Fsp3) is 0.238. The molecule has 1 amide bonds. The van der Waals surface area contributed by atoms with Gasteiger partial charge >= 0.3 is 0 Å². The number of hydrogen-bond donors (Lipinski definition) is 1. The van der Waals surface area contributed by atoms with Gasteiger partial charge in [-0.1, -0.05) is 12.1 Å². The van der Waals surface area contributed by atoms with Gasteiger partial charge in [-0.25, -0.2) is 4.90 Å². The molecule has 1 saturated heterocycles. The number of benzene rings is 2. The largest absolute Gasteiger partial charge is 0.493 e. The van der Waals surface area contributed by atoms with E-state index >= 15 is 0 Å². The third kappa shape index (κ3) is 3.84. The van der Waals surface area contributed by atoms with Crippen LogP contribution in [0.3, 0.4) is 0 Å². The van der Waals surface area contributed by atoms with Gasteiger partial charge in [0, 0.05) is 5.56 Å². The van der Waals surface area contributed by atoms with Crippen molar-refractivity contribution in [2.45, 2.75) is 6.92 Å². The summed E-state index contributed by atoms with van der Waals surface area (Å²) in [5, 5.41) is 3.24. The molecule has 1 N–H and O–H groups in total. The van der Waals surface area contributed by atoms with Crippen molar-refractivity contribution in [3.8, 4) is 23.0 Å². The topological polar surface area (TPSA) is 69.3 Å². The van der Waals surface area contributed by atoms with E-state index < -0.39 is 0 Å². The summed E-state index contributed by atoms with van der Waals surface area (Å²) < 4.78 is 21.8. The first-order valence-electron chi connectivity index (χ1n) is 8.93. The Bertz CT molecular complexity index is 974. The van der Waals surface area contributed by atoms with Gasteiger partial charge in [0.1, 0.15) is 11.4 Å². The highest BCUT2D eigenvalue weighted by Crippen LogP contribution is 2.41. The Morgan fingerprint density at radius 3 is 2.38 bits per heavy atom. The van der Waals surface area contributed by atoms with E-state index in [9.17, 15) is 4.79 Å². The van der Waals surface area contributed by atoms with Gasteiger partial charge in [-0.05, 0) is 49.5 Å². The van der Waals surface area contributed by atoms with Gasteiger partial charge in [0.2, 0.25) is 5.75 Å². The molecule has 0 unspecified atom stereocenters. The first-order chi connectivity index (χ1) is 14.0. The SMILES string of the molecule is CCOc1ccccc1N1C(=O)/C(=C\c2ccc(OC)c(OC)c2OC)NC1=S. The fourth-order valence-electron chi connectivity index (χ4n) is 3.07. The lowest BCUT2D eigenvalue weighted by Gasteiger charge is -2.18. The first-order valence-corrected chi connectivity index (χ1v) is 9.34.